The van der Waals surface area contributed by atoms with Crippen molar-refractivity contribution >= 4 is 42.8 Å². The number of benzene rings is 2. The second-order valence-electron chi connectivity index (χ2n) is 6.42. The fourth-order valence-electron chi connectivity index (χ4n) is 3.27. The summed E-state index contributed by atoms with van der Waals surface area (Å²) in [5.74, 6) is -0.106. The molecule has 0 atom stereocenters. The van der Waals surface area contributed by atoms with Crippen molar-refractivity contribution in [2.45, 2.75) is 4.90 Å². The minimum Gasteiger partial charge on any atom is -0.351 e. The summed E-state index contributed by atoms with van der Waals surface area (Å²) in [7, 11) is -3.56. The van der Waals surface area contributed by atoms with Crippen LogP contribution in [0, 0.1) is 0 Å². The number of hydrogen-bond donors (Lipinski definition) is 1. The molecule has 1 aliphatic rings. The third kappa shape index (κ3) is 3.52. The molecule has 1 amide bonds. The number of aromatic amines is 1. The Morgan fingerprint density at radius 1 is 0.963 bits per heavy atom. The van der Waals surface area contributed by atoms with Crippen molar-refractivity contribution in [3.8, 4) is 0 Å². The molecule has 0 bridgehead atoms. The molecule has 0 saturated carbocycles. The fourth-order valence-corrected chi connectivity index (χ4v) is 5.29. The highest BCUT2D eigenvalue weighted by molar-refractivity contribution is 9.10. The molecule has 1 fully saturated rings. The first-order chi connectivity index (χ1) is 12.9. The minimum absolute atomic E-state index is 0.106. The summed E-state index contributed by atoms with van der Waals surface area (Å²) < 4.78 is 27.8. The number of fused-ring (bicyclic) bond motifs is 1. The third-order valence-corrected chi connectivity index (χ3v) is 7.11. The second-order valence-corrected chi connectivity index (χ2v) is 9.28. The van der Waals surface area contributed by atoms with Crippen LogP contribution in [0.1, 0.15) is 10.5 Å². The van der Waals surface area contributed by atoms with Crippen LogP contribution in [0.5, 0.6) is 0 Å². The normalized spacial score (nSPS) is 16.0. The van der Waals surface area contributed by atoms with E-state index in [0.717, 1.165) is 15.4 Å². The Morgan fingerprint density at radius 2 is 1.70 bits per heavy atom. The molecular weight excluding hydrogens is 430 g/mol. The van der Waals surface area contributed by atoms with Crippen molar-refractivity contribution in [3.63, 3.8) is 0 Å². The summed E-state index contributed by atoms with van der Waals surface area (Å²) in [6.45, 7) is 1.28. The Labute approximate surface area is 166 Å². The van der Waals surface area contributed by atoms with E-state index in [1.807, 2.05) is 30.3 Å². The molecule has 0 spiro atoms. The van der Waals surface area contributed by atoms with E-state index in [2.05, 4.69) is 20.9 Å². The van der Waals surface area contributed by atoms with Crippen LogP contribution in [-0.2, 0) is 10.0 Å². The predicted molar refractivity (Wildman–Crippen MR) is 107 cm³/mol. The molecule has 27 heavy (non-hydrogen) atoms. The number of para-hydroxylation sites is 1. The topological polar surface area (TPSA) is 73.5 Å². The molecular formula is C19H18BrN3O3S. The van der Waals surface area contributed by atoms with Crippen LogP contribution >= 0.6 is 15.9 Å². The van der Waals surface area contributed by atoms with E-state index < -0.39 is 10.0 Å². The van der Waals surface area contributed by atoms with Gasteiger partial charge < -0.3 is 9.88 Å². The number of carbonyl (C=O) groups excluding carboxylic acids is 1. The van der Waals surface area contributed by atoms with Gasteiger partial charge in [0.15, 0.2) is 0 Å². The molecule has 4 rings (SSSR count). The van der Waals surface area contributed by atoms with Gasteiger partial charge in [0.25, 0.3) is 5.91 Å². The molecule has 1 N–H and O–H groups in total. The molecule has 3 aromatic rings. The van der Waals surface area contributed by atoms with Gasteiger partial charge >= 0.3 is 0 Å². The van der Waals surface area contributed by atoms with Gasteiger partial charge in [0, 0.05) is 41.6 Å². The smallest absolute Gasteiger partial charge is 0.270 e. The Hall–Kier alpha value is -2.16. The van der Waals surface area contributed by atoms with Crippen LogP contribution in [0.4, 0.5) is 0 Å². The molecule has 1 saturated heterocycles. The molecule has 2 aromatic carbocycles. The summed E-state index contributed by atoms with van der Waals surface area (Å²) in [6.07, 6.45) is 0. The number of carbonyl (C=O) groups is 1. The number of nitrogens with one attached hydrogen (secondary N) is 1. The summed E-state index contributed by atoms with van der Waals surface area (Å²) in [4.78, 5) is 17.8. The zero-order valence-corrected chi connectivity index (χ0v) is 16.8. The lowest BCUT2D eigenvalue weighted by Crippen LogP contribution is -2.50. The van der Waals surface area contributed by atoms with E-state index >= 15 is 0 Å². The van der Waals surface area contributed by atoms with E-state index in [1.165, 1.54) is 4.31 Å². The van der Waals surface area contributed by atoms with Crippen LogP contribution in [0.25, 0.3) is 10.9 Å². The lowest BCUT2D eigenvalue weighted by atomic mass is 10.2. The molecule has 140 valence electrons. The van der Waals surface area contributed by atoms with E-state index in [0.29, 0.717) is 18.8 Å². The quantitative estimate of drug-likeness (QED) is 0.670. The number of piperazine rings is 1. The van der Waals surface area contributed by atoms with E-state index in [-0.39, 0.29) is 23.9 Å². The largest absolute Gasteiger partial charge is 0.351 e. The first kappa shape index (κ1) is 18.2. The number of halogens is 1. The SMILES string of the molecule is O=C(c1cc2ccccc2[nH]1)N1CCN(S(=O)(=O)c2cccc(Br)c2)CC1. The molecule has 8 heteroatoms. The Bertz CT molecular complexity index is 1070. The monoisotopic (exact) mass is 447 g/mol. The van der Waals surface area contributed by atoms with Crippen LogP contribution in [-0.4, -0.2) is 54.7 Å². The molecule has 0 radical (unpaired) electrons. The van der Waals surface area contributed by atoms with Crippen molar-refractivity contribution in [2.24, 2.45) is 0 Å². The number of amides is 1. The highest BCUT2D eigenvalue weighted by atomic mass is 79.9. The van der Waals surface area contributed by atoms with Gasteiger partial charge in [0.05, 0.1) is 4.90 Å². The van der Waals surface area contributed by atoms with Gasteiger partial charge in [-0.3, -0.25) is 4.79 Å². The summed E-state index contributed by atoms with van der Waals surface area (Å²) in [6, 6.07) is 16.2. The van der Waals surface area contributed by atoms with Crippen molar-refractivity contribution in [1.82, 2.24) is 14.2 Å². The molecule has 2 heterocycles. The first-order valence-corrected chi connectivity index (χ1v) is 10.8. The summed E-state index contributed by atoms with van der Waals surface area (Å²) in [5.41, 5.74) is 1.44. The van der Waals surface area contributed by atoms with Crippen LogP contribution in [0.2, 0.25) is 0 Å². The van der Waals surface area contributed by atoms with Gasteiger partial charge in [0.2, 0.25) is 10.0 Å². The average molecular weight is 448 g/mol. The minimum atomic E-state index is -3.56. The highest BCUT2D eigenvalue weighted by Gasteiger charge is 2.30. The van der Waals surface area contributed by atoms with Gasteiger partial charge in [-0.1, -0.05) is 40.2 Å². The fraction of sp³-hybridized carbons (Fsp3) is 0.211. The number of hydrogen-bond acceptors (Lipinski definition) is 3. The molecule has 0 unspecified atom stereocenters. The van der Waals surface area contributed by atoms with Gasteiger partial charge in [-0.15, -0.1) is 0 Å². The lowest BCUT2D eigenvalue weighted by molar-refractivity contribution is 0.0693. The van der Waals surface area contributed by atoms with Crippen molar-refractivity contribution < 1.29 is 13.2 Å². The maximum atomic E-state index is 12.8. The van der Waals surface area contributed by atoms with E-state index in [4.69, 9.17) is 0 Å². The van der Waals surface area contributed by atoms with Crippen LogP contribution in [0.15, 0.2) is 64.0 Å². The molecule has 1 aromatic heterocycles. The van der Waals surface area contributed by atoms with Gasteiger partial charge in [-0.2, -0.15) is 4.31 Å². The number of sulfonamides is 1. The highest BCUT2D eigenvalue weighted by Crippen LogP contribution is 2.22. The molecule has 6 nitrogen and oxygen atoms in total. The maximum Gasteiger partial charge on any atom is 0.270 e. The van der Waals surface area contributed by atoms with Crippen molar-refractivity contribution in [2.75, 3.05) is 26.2 Å². The number of aromatic nitrogens is 1. The molecule has 0 aliphatic carbocycles. The van der Waals surface area contributed by atoms with Gasteiger partial charge in [-0.05, 0) is 30.3 Å². The Kier molecular flexibility index (Phi) is 4.79. The first-order valence-electron chi connectivity index (χ1n) is 8.58. The van der Waals surface area contributed by atoms with Crippen molar-refractivity contribution in [1.29, 1.82) is 0 Å². The van der Waals surface area contributed by atoms with Gasteiger partial charge in [0.1, 0.15) is 5.69 Å². The van der Waals surface area contributed by atoms with Crippen LogP contribution < -0.4 is 0 Å². The predicted octanol–water partition coefficient (Wildman–Crippen LogP) is 3.08. The van der Waals surface area contributed by atoms with E-state index in [1.54, 1.807) is 29.2 Å². The standard InChI is InChI=1S/C19H18BrN3O3S/c20-15-5-3-6-16(13-15)27(25,26)23-10-8-22(9-11-23)19(24)18-12-14-4-1-2-7-17(14)21-18/h1-7,12-13,21H,8-11H2. The molecule has 1 aliphatic heterocycles. The van der Waals surface area contributed by atoms with Crippen molar-refractivity contribution in [3.05, 3.63) is 64.8 Å². The summed E-state index contributed by atoms with van der Waals surface area (Å²) in [5, 5.41) is 0.983. The number of rotatable bonds is 3. The lowest BCUT2D eigenvalue weighted by Gasteiger charge is -2.33. The van der Waals surface area contributed by atoms with Gasteiger partial charge in [-0.25, -0.2) is 8.42 Å². The zero-order chi connectivity index (χ0) is 19.0. The summed E-state index contributed by atoms with van der Waals surface area (Å²) >= 11 is 3.31. The Morgan fingerprint density at radius 3 is 2.41 bits per heavy atom. The zero-order valence-electron chi connectivity index (χ0n) is 14.4. The third-order valence-electron chi connectivity index (χ3n) is 4.72. The Balaban J connectivity index is 1.47. The number of H-pyrrole nitrogens is 1. The maximum absolute atomic E-state index is 12.8. The number of nitrogens with zero attached hydrogens (tertiary/aromatic N) is 2. The second kappa shape index (κ2) is 7.10. The van der Waals surface area contributed by atoms with Crippen LogP contribution in [0.3, 0.4) is 0 Å². The average Bonchev–Trinajstić information content (AvgIpc) is 3.12. The van der Waals surface area contributed by atoms with E-state index in [9.17, 15) is 13.2 Å².